The number of nitrogens with zero attached hydrogens (tertiary/aromatic N) is 1. The maximum atomic E-state index is 2.43. The van der Waals surface area contributed by atoms with Crippen LogP contribution in [0.3, 0.4) is 0 Å². The molecular formula is C11H20INS. The van der Waals surface area contributed by atoms with Crippen LogP contribution >= 0.6 is 34.6 Å². The fraction of sp³-hybridized carbons (Fsp3) is 0.818. The number of hydrogen-bond acceptors (Lipinski definition) is 2. The first-order valence-electron chi connectivity index (χ1n) is 5.53. The molecule has 1 rings (SSSR count). The zero-order valence-corrected chi connectivity index (χ0v) is 12.1. The Bertz CT molecular complexity index is 194. The zero-order valence-electron chi connectivity index (χ0n) is 9.13. The number of thioether (sulfide) groups is 1. The Balaban J connectivity index is 2.03. The monoisotopic (exact) mass is 325 g/mol. The van der Waals surface area contributed by atoms with Crippen LogP contribution in [-0.4, -0.2) is 8.49 Å². The summed E-state index contributed by atoms with van der Waals surface area (Å²) in [6.07, 6.45) is 8.31. The molecule has 1 heterocycles. The van der Waals surface area contributed by atoms with E-state index >= 15 is 0 Å². The van der Waals surface area contributed by atoms with Crippen molar-refractivity contribution >= 4 is 34.6 Å². The second-order valence-corrected chi connectivity index (χ2v) is 5.96. The van der Waals surface area contributed by atoms with Crippen LogP contribution in [0.1, 0.15) is 52.4 Å². The summed E-state index contributed by atoms with van der Waals surface area (Å²) in [7, 11) is 0. The van der Waals surface area contributed by atoms with E-state index in [-0.39, 0.29) is 0 Å². The Hall–Kier alpha value is 0.620. The first kappa shape index (κ1) is 12.7. The van der Waals surface area contributed by atoms with Crippen LogP contribution in [0.2, 0.25) is 0 Å². The Morgan fingerprint density at radius 3 is 2.64 bits per heavy atom. The highest BCUT2D eigenvalue weighted by Gasteiger charge is 2.21. The van der Waals surface area contributed by atoms with Gasteiger partial charge in [0.15, 0.2) is 0 Å². The lowest BCUT2D eigenvalue weighted by atomic mass is 10.1. The molecule has 0 amide bonds. The van der Waals surface area contributed by atoms with E-state index in [1.165, 1.54) is 44.2 Å². The maximum Gasteiger partial charge on any atom is 0.0883 e. The van der Waals surface area contributed by atoms with Gasteiger partial charge in [0, 0.05) is 5.70 Å². The SMILES string of the molecule is CCCCCCCC1SC=C(C)N1I. The van der Waals surface area contributed by atoms with Crippen molar-refractivity contribution in [3.8, 4) is 0 Å². The van der Waals surface area contributed by atoms with Gasteiger partial charge < -0.3 is 3.11 Å². The average molecular weight is 325 g/mol. The molecule has 3 heteroatoms. The van der Waals surface area contributed by atoms with Crippen molar-refractivity contribution in [2.45, 2.75) is 57.7 Å². The summed E-state index contributed by atoms with van der Waals surface area (Å²) in [5.41, 5.74) is 1.41. The second kappa shape index (κ2) is 6.99. The molecular weight excluding hydrogens is 305 g/mol. The largest absolute Gasteiger partial charge is 0.305 e. The zero-order chi connectivity index (χ0) is 10.4. The molecule has 0 aromatic heterocycles. The van der Waals surface area contributed by atoms with Crippen LogP contribution < -0.4 is 0 Å². The third kappa shape index (κ3) is 4.01. The molecule has 82 valence electrons. The van der Waals surface area contributed by atoms with E-state index < -0.39 is 0 Å². The number of rotatable bonds is 6. The number of allylic oxidation sites excluding steroid dienone is 1. The van der Waals surface area contributed by atoms with Gasteiger partial charge in [0.2, 0.25) is 0 Å². The molecule has 0 saturated carbocycles. The van der Waals surface area contributed by atoms with Crippen molar-refractivity contribution in [3.05, 3.63) is 11.1 Å². The lowest BCUT2D eigenvalue weighted by molar-refractivity contribution is 0.512. The van der Waals surface area contributed by atoms with Crippen molar-refractivity contribution in [2.75, 3.05) is 0 Å². The Kier molecular flexibility index (Phi) is 6.33. The van der Waals surface area contributed by atoms with Crippen LogP contribution in [0.15, 0.2) is 11.1 Å². The van der Waals surface area contributed by atoms with Gasteiger partial charge in [-0.25, -0.2) is 0 Å². The predicted octanol–water partition coefficient (Wildman–Crippen LogP) is 4.93. The highest BCUT2D eigenvalue weighted by atomic mass is 127. The summed E-state index contributed by atoms with van der Waals surface area (Å²) in [6.45, 7) is 4.46. The highest BCUT2D eigenvalue weighted by Crippen LogP contribution is 2.36. The van der Waals surface area contributed by atoms with E-state index in [0.717, 1.165) is 0 Å². The number of hydrogen-bond donors (Lipinski definition) is 0. The summed E-state index contributed by atoms with van der Waals surface area (Å²) in [4.78, 5) is 0. The van der Waals surface area contributed by atoms with Gasteiger partial charge in [0.1, 0.15) is 0 Å². The molecule has 0 aromatic carbocycles. The molecule has 0 saturated heterocycles. The molecule has 1 aliphatic rings. The minimum absolute atomic E-state index is 0.706. The Labute approximate surface area is 106 Å². The molecule has 0 bridgehead atoms. The van der Waals surface area contributed by atoms with Crippen LogP contribution in [-0.2, 0) is 0 Å². The van der Waals surface area contributed by atoms with Gasteiger partial charge in [0.25, 0.3) is 0 Å². The van der Waals surface area contributed by atoms with E-state index in [0.29, 0.717) is 5.37 Å². The van der Waals surface area contributed by atoms with Gasteiger partial charge in [-0.05, 0) is 18.8 Å². The standard InChI is InChI=1S/C11H20INS/c1-3-4-5-6-7-8-11-13(12)10(2)9-14-11/h9,11H,3-8H2,1-2H3. The van der Waals surface area contributed by atoms with E-state index in [1.807, 2.05) is 11.8 Å². The van der Waals surface area contributed by atoms with Crippen LogP contribution in [0, 0.1) is 0 Å². The Morgan fingerprint density at radius 1 is 1.36 bits per heavy atom. The summed E-state index contributed by atoms with van der Waals surface area (Å²) in [6, 6.07) is 0. The number of halogens is 1. The van der Waals surface area contributed by atoms with Crippen LogP contribution in [0.25, 0.3) is 0 Å². The van der Waals surface area contributed by atoms with Gasteiger partial charge in [-0.15, -0.1) is 11.8 Å². The molecule has 0 N–H and O–H groups in total. The van der Waals surface area contributed by atoms with E-state index in [9.17, 15) is 0 Å². The average Bonchev–Trinajstić information content (AvgIpc) is 2.49. The van der Waals surface area contributed by atoms with Crippen LogP contribution in [0.4, 0.5) is 0 Å². The maximum absolute atomic E-state index is 2.43. The topological polar surface area (TPSA) is 3.24 Å². The smallest absolute Gasteiger partial charge is 0.0883 e. The minimum Gasteiger partial charge on any atom is -0.305 e. The molecule has 0 spiro atoms. The molecule has 14 heavy (non-hydrogen) atoms. The lowest BCUT2D eigenvalue weighted by Crippen LogP contribution is -2.16. The normalized spacial score (nSPS) is 21.5. The number of unbranched alkanes of at least 4 members (excludes halogenated alkanes) is 4. The summed E-state index contributed by atoms with van der Waals surface area (Å²) >= 11 is 4.41. The molecule has 1 nitrogen and oxygen atoms in total. The Morgan fingerprint density at radius 2 is 2.07 bits per heavy atom. The van der Waals surface area contributed by atoms with Gasteiger partial charge in [-0.3, -0.25) is 0 Å². The minimum atomic E-state index is 0.706. The van der Waals surface area contributed by atoms with Crippen molar-refractivity contribution in [2.24, 2.45) is 0 Å². The summed E-state index contributed by atoms with van der Waals surface area (Å²) in [5.74, 6) is 0. The van der Waals surface area contributed by atoms with Crippen molar-refractivity contribution in [3.63, 3.8) is 0 Å². The fourth-order valence-electron chi connectivity index (χ4n) is 1.61. The molecule has 1 aliphatic heterocycles. The first-order chi connectivity index (χ1) is 6.75. The quantitative estimate of drug-likeness (QED) is 0.387. The van der Waals surface area contributed by atoms with Gasteiger partial charge in [0.05, 0.1) is 28.2 Å². The van der Waals surface area contributed by atoms with Crippen molar-refractivity contribution in [1.29, 1.82) is 0 Å². The second-order valence-electron chi connectivity index (χ2n) is 3.86. The van der Waals surface area contributed by atoms with Crippen molar-refractivity contribution in [1.82, 2.24) is 3.11 Å². The summed E-state index contributed by atoms with van der Waals surface area (Å²) in [5, 5.41) is 2.99. The fourth-order valence-corrected chi connectivity index (χ4v) is 3.66. The van der Waals surface area contributed by atoms with Crippen LogP contribution in [0.5, 0.6) is 0 Å². The van der Waals surface area contributed by atoms with E-state index in [1.54, 1.807) is 0 Å². The molecule has 1 unspecified atom stereocenters. The molecule has 0 aromatic rings. The van der Waals surface area contributed by atoms with Gasteiger partial charge in [-0.2, -0.15) is 0 Å². The predicted molar refractivity (Wildman–Crippen MR) is 74.4 cm³/mol. The first-order valence-corrected chi connectivity index (χ1v) is 7.43. The van der Waals surface area contributed by atoms with E-state index in [4.69, 9.17) is 0 Å². The van der Waals surface area contributed by atoms with Gasteiger partial charge in [-0.1, -0.05) is 39.0 Å². The van der Waals surface area contributed by atoms with Gasteiger partial charge >= 0.3 is 0 Å². The molecule has 1 atom stereocenters. The molecule has 0 aliphatic carbocycles. The van der Waals surface area contributed by atoms with E-state index in [2.05, 4.69) is 45.2 Å². The summed E-state index contributed by atoms with van der Waals surface area (Å²) < 4.78 is 2.38. The highest BCUT2D eigenvalue weighted by molar-refractivity contribution is 14.1. The molecule has 0 fully saturated rings. The molecule has 0 radical (unpaired) electrons. The third-order valence-electron chi connectivity index (χ3n) is 2.54. The third-order valence-corrected chi connectivity index (χ3v) is 5.59. The lowest BCUT2D eigenvalue weighted by Gasteiger charge is -2.20. The van der Waals surface area contributed by atoms with Crippen molar-refractivity contribution < 1.29 is 0 Å².